The fourth-order valence-corrected chi connectivity index (χ4v) is 1.55. The van der Waals surface area contributed by atoms with Gasteiger partial charge < -0.3 is 16.4 Å². The minimum Gasteiger partial charge on any atom is -0.370 e. The van der Waals surface area contributed by atoms with E-state index >= 15 is 0 Å². The number of thiocarbonyl (C=S) groups is 1. The maximum absolute atomic E-state index is 12.8. The van der Waals surface area contributed by atoms with E-state index in [4.69, 9.17) is 23.4 Å². The molecule has 0 aliphatic carbocycles. The van der Waals surface area contributed by atoms with E-state index in [-0.39, 0.29) is 10.8 Å². The van der Waals surface area contributed by atoms with Gasteiger partial charge in [-0.05, 0) is 30.8 Å². The molecule has 0 aromatic heterocycles. The fourth-order valence-electron chi connectivity index (χ4n) is 1.34. The highest BCUT2D eigenvalue weighted by molar-refractivity contribution is 7.80. The van der Waals surface area contributed by atoms with Crippen molar-refractivity contribution < 1.29 is 13.2 Å². The predicted molar refractivity (Wildman–Crippen MR) is 67.5 cm³/mol. The van der Waals surface area contributed by atoms with Crippen LogP contribution in [-0.2, 0) is 6.18 Å². The third-order valence-corrected chi connectivity index (χ3v) is 2.27. The molecule has 4 nitrogen and oxygen atoms in total. The van der Waals surface area contributed by atoms with Crippen molar-refractivity contribution in [2.45, 2.75) is 13.1 Å². The summed E-state index contributed by atoms with van der Waals surface area (Å²) in [6, 6.07) is 3.78. The van der Waals surface area contributed by atoms with Gasteiger partial charge >= 0.3 is 6.18 Å². The molecule has 0 aliphatic heterocycles. The normalized spacial score (nSPS) is 10.9. The van der Waals surface area contributed by atoms with E-state index in [9.17, 15) is 13.2 Å². The van der Waals surface area contributed by atoms with Crippen LogP contribution in [0.25, 0.3) is 0 Å². The molecule has 0 atom stereocenters. The fraction of sp³-hybridized carbons (Fsp3) is 0.200. The third kappa shape index (κ3) is 3.59. The molecule has 0 spiro atoms. The number of benzene rings is 1. The Morgan fingerprint density at radius 1 is 1.39 bits per heavy atom. The molecule has 0 bridgehead atoms. The summed E-state index contributed by atoms with van der Waals surface area (Å²) < 4.78 is 38.3. The van der Waals surface area contributed by atoms with Gasteiger partial charge in [-0.1, -0.05) is 12.1 Å². The van der Waals surface area contributed by atoms with Gasteiger partial charge in [0.2, 0.25) is 0 Å². The molecule has 5 N–H and O–H groups in total. The Kier molecular flexibility index (Phi) is 4.12. The first kappa shape index (κ1) is 14.2. The van der Waals surface area contributed by atoms with Crippen molar-refractivity contribution in [3.8, 4) is 0 Å². The molecule has 0 aliphatic rings. The van der Waals surface area contributed by atoms with E-state index in [1.54, 1.807) is 0 Å². The molecule has 0 unspecified atom stereocenters. The topological polar surface area (TPSA) is 73.9 Å². The minimum atomic E-state index is -4.49. The van der Waals surface area contributed by atoms with Gasteiger partial charge in [0.1, 0.15) is 0 Å². The maximum Gasteiger partial charge on any atom is 0.418 e. The minimum absolute atomic E-state index is 0.149. The van der Waals surface area contributed by atoms with Crippen LogP contribution in [0.3, 0.4) is 0 Å². The van der Waals surface area contributed by atoms with Crippen molar-refractivity contribution >= 4 is 29.0 Å². The number of para-hydroxylation sites is 1. The van der Waals surface area contributed by atoms with E-state index in [1.165, 1.54) is 19.1 Å². The first-order valence-corrected chi connectivity index (χ1v) is 5.21. The third-order valence-electron chi connectivity index (χ3n) is 2.06. The van der Waals surface area contributed by atoms with Gasteiger partial charge in [0, 0.05) is 0 Å². The van der Waals surface area contributed by atoms with Crippen LogP contribution in [0.2, 0.25) is 0 Å². The Hall–Kier alpha value is -1.83. The van der Waals surface area contributed by atoms with Gasteiger partial charge in [-0.2, -0.15) is 13.2 Å². The standard InChI is InChI=1S/C10H11F3N4S/c1-5-3-2-4-6(10(11,12)13)7(5)16-9(18)17-8(14)15/h2-4H,1H3,(H5,14,15,16,17,18). The smallest absolute Gasteiger partial charge is 0.370 e. The van der Waals surface area contributed by atoms with Crippen LogP contribution in [-0.4, -0.2) is 11.1 Å². The molecule has 18 heavy (non-hydrogen) atoms. The summed E-state index contributed by atoms with van der Waals surface area (Å²) in [5, 5.41) is 11.4. The highest BCUT2D eigenvalue weighted by Crippen LogP contribution is 2.36. The highest BCUT2D eigenvalue weighted by atomic mass is 32.1. The van der Waals surface area contributed by atoms with Crippen LogP contribution in [0.5, 0.6) is 0 Å². The lowest BCUT2D eigenvalue weighted by atomic mass is 10.1. The number of hydrogen-bond donors (Lipinski definition) is 4. The van der Waals surface area contributed by atoms with Crippen LogP contribution in [0, 0.1) is 12.3 Å². The van der Waals surface area contributed by atoms with Crippen LogP contribution < -0.4 is 16.4 Å². The van der Waals surface area contributed by atoms with Crippen LogP contribution >= 0.6 is 12.2 Å². The number of rotatable bonds is 1. The van der Waals surface area contributed by atoms with Crippen LogP contribution in [0.15, 0.2) is 18.2 Å². The van der Waals surface area contributed by atoms with Gasteiger partial charge in [-0.3, -0.25) is 5.41 Å². The lowest BCUT2D eigenvalue weighted by Gasteiger charge is -2.17. The van der Waals surface area contributed by atoms with Crippen LogP contribution in [0.1, 0.15) is 11.1 Å². The van der Waals surface area contributed by atoms with Gasteiger partial charge in [0.25, 0.3) is 0 Å². The number of anilines is 1. The second-order valence-electron chi connectivity index (χ2n) is 3.49. The van der Waals surface area contributed by atoms with Crippen molar-refractivity contribution in [1.82, 2.24) is 5.32 Å². The molecule has 0 saturated heterocycles. The van der Waals surface area contributed by atoms with Crippen molar-refractivity contribution in [1.29, 1.82) is 5.41 Å². The van der Waals surface area contributed by atoms with E-state index in [2.05, 4.69) is 10.6 Å². The van der Waals surface area contributed by atoms with Gasteiger partial charge in [0.15, 0.2) is 11.1 Å². The number of alkyl halides is 3. The zero-order chi connectivity index (χ0) is 13.9. The van der Waals surface area contributed by atoms with Gasteiger partial charge in [-0.15, -0.1) is 0 Å². The second kappa shape index (κ2) is 5.21. The Morgan fingerprint density at radius 3 is 2.50 bits per heavy atom. The van der Waals surface area contributed by atoms with E-state index < -0.39 is 17.7 Å². The molecule has 1 aromatic carbocycles. The van der Waals surface area contributed by atoms with E-state index in [1.807, 2.05) is 0 Å². The number of halogens is 3. The summed E-state index contributed by atoms with van der Waals surface area (Å²) >= 11 is 4.74. The maximum atomic E-state index is 12.8. The molecule has 0 fully saturated rings. The van der Waals surface area contributed by atoms with Crippen LogP contribution in [0.4, 0.5) is 18.9 Å². The van der Waals surface area contributed by atoms with Gasteiger partial charge in [0.05, 0.1) is 11.3 Å². The molecular weight excluding hydrogens is 265 g/mol. The Morgan fingerprint density at radius 2 is 2.00 bits per heavy atom. The van der Waals surface area contributed by atoms with Crippen molar-refractivity contribution in [2.75, 3.05) is 5.32 Å². The van der Waals surface area contributed by atoms with Crippen molar-refractivity contribution in [3.63, 3.8) is 0 Å². The van der Waals surface area contributed by atoms with Crippen molar-refractivity contribution in [3.05, 3.63) is 29.3 Å². The molecular formula is C10H11F3N4S. The Labute approximate surface area is 107 Å². The summed E-state index contributed by atoms with van der Waals surface area (Å²) in [6.45, 7) is 1.52. The molecule has 0 radical (unpaired) electrons. The molecule has 0 amide bonds. The highest BCUT2D eigenvalue weighted by Gasteiger charge is 2.34. The molecule has 0 saturated carbocycles. The van der Waals surface area contributed by atoms with E-state index in [0.29, 0.717) is 5.56 Å². The number of nitrogens with one attached hydrogen (secondary N) is 3. The number of hydrogen-bond acceptors (Lipinski definition) is 2. The van der Waals surface area contributed by atoms with Crippen molar-refractivity contribution in [2.24, 2.45) is 5.73 Å². The lowest BCUT2D eigenvalue weighted by Crippen LogP contribution is -2.39. The molecule has 0 heterocycles. The zero-order valence-corrected chi connectivity index (χ0v) is 10.2. The monoisotopic (exact) mass is 276 g/mol. The first-order chi connectivity index (χ1) is 8.21. The summed E-state index contributed by atoms with van der Waals surface area (Å²) in [7, 11) is 0. The summed E-state index contributed by atoms with van der Waals surface area (Å²) in [6.07, 6.45) is -4.49. The summed E-state index contributed by atoms with van der Waals surface area (Å²) in [5.41, 5.74) is 4.44. The quantitative estimate of drug-likeness (QED) is 0.360. The Balaban J connectivity index is 3.08. The number of nitrogens with two attached hydrogens (primary N) is 1. The largest absolute Gasteiger partial charge is 0.418 e. The SMILES string of the molecule is Cc1cccc(C(F)(F)F)c1NC(=S)NC(=N)N. The predicted octanol–water partition coefficient (Wildman–Crippen LogP) is 2.19. The van der Waals surface area contributed by atoms with Gasteiger partial charge in [-0.25, -0.2) is 0 Å². The average molecular weight is 276 g/mol. The molecule has 1 rings (SSSR count). The van der Waals surface area contributed by atoms with E-state index in [0.717, 1.165) is 6.07 Å². The number of guanidine groups is 1. The summed E-state index contributed by atoms with van der Waals surface area (Å²) in [4.78, 5) is 0. The summed E-state index contributed by atoms with van der Waals surface area (Å²) in [5.74, 6) is -0.449. The zero-order valence-electron chi connectivity index (χ0n) is 9.35. The molecule has 1 aromatic rings. The number of aryl methyl sites for hydroxylation is 1. The Bertz CT molecular complexity index is 485. The second-order valence-corrected chi connectivity index (χ2v) is 3.90. The average Bonchev–Trinajstić information content (AvgIpc) is 2.18. The first-order valence-electron chi connectivity index (χ1n) is 4.80. The molecule has 8 heteroatoms. The molecule has 98 valence electrons. The lowest BCUT2D eigenvalue weighted by molar-refractivity contribution is -0.136.